The summed E-state index contributed by atoms with van der Waals surface area (Å²) in [6.45, 7) is 0.527. The highest BCUT2D eigenvalue weighted by molar-refractivity contribution is 6.06. The van der Waals surface area contributed by atoms with Gasteiger partial charge in [-0.1, -0.05) is 78.9 Å². The number of imide groups is 1. The van der Waals surface area contributed by atoms with Crippen molar-refractivity contribution in [2.24, 2.45) is 5.10 Å². The van der Waals surface area contributed by atoms with Crippen LogP contribution in [0.4, 0.5) is 0 Å². The van der Waals surface area contributed by atoms with Gasteiger partial charge in [-0.3, -0.25) is 28.8 Å². The summed E-state index contributed by atoms with van der Waals surface area (Å²) in [5, 5.41) is 9.79. The summed E-state index contributed by atoms with van der Waals surface area (Å²) in [7, 11) is 1.45. The van der Waals surface area contributed by atoms with Crippen molar-refractivity contribution in [3.63, 3.8) is 0 Å². The predicted octanol–water partition coefficient (Wildman–Crippen LogP) is 4.38. The van der Waals surface area contributed by atoms with Crippen LogP contribution < -0.4 is 10.2 Å². The van der Waals surface area contributed by atoms with Crippen LogP contribution in [-0.4, -0.2) is 69.1 Å². The summed E-state index contributed by atoms with van der Waals surface area (Å²) in [5.41, 5.74) is 7.97. The molecule has 240 valence electrons. The minimum absolute atomic E-state index is 0.205. The number of likely N-dealkylation sites (tertiary alicyclic amines) is 1. The number of fused-ring (bicyclic) bond motifs is 2. The molecule has 1 fully saturated rings. The molecule has 0 aliphatic carbocycles. The molecule has 4 amide bonds. The molecule has 0 spiro atoms. The zero-order valence-corrected chi connectivity index (χ0v) is 26.2. The predicted molar refractivity (Wildman–Crippen MR) is 179 cm³/mol. The Morgan fingerprint density at radius 3 is 2.50 bits per heavy atom. The first-order valence-corrected chi connectivity index (χ1v) is 15.7. The number of piperidine rings is 1. The van der Waals surface area contributed by atoms with E-state index in [2.05, 4.69) is 10.5 Å². The van der Waals surface area contributed by atoms with Crippen molar-refractivity contribution >= 4 is 40.7 Å². The minimum Gasteiger partial charge on any atom is -0.483 e. The number of hydrazone groups is 1. The molecule has 1 unspecified atom stereocenters. The van der Waals surface area contributed by atoms with Gasteiger partial charge in [-0.2, -0.15) is 10.2 Å². The Labute approximate surface area is 276 Å². The van der Waals surface area contributed by atoms with Crippen molar-refractivity contribution in [3.8, 4) is 16.9 Å². The Morgan fingerprint density at radius 2 is 1.65 bits per heavy atom. The molecule has 1 saturated heterocycles. The molecule has 11 nitrogen and oxygen atoms in total. The van der Waals surface area contributed by atoms with Crippen LogP contribution in [0.3, 0.4) is 0 Å². The SMILES string of the molecule is CN1C(=O)CCC(N2Cc3c(cccc3-c3ccccc3OCC(=O)N/N=C/c3nn(Cc4ccccc4)c4ccccc34)C2=O)C1=O. The van der Waals surface area contributed by atoms with Gasteiger partial charge in [0.1, 0.15) is 17.5 Å². The number of ether oxygens (including phenoxy) is 1. The van der Waals surface area contributed by atoms with E-state index < -0.39 is 11.9 Å². The maximum Gasteiger partial charge on any atom is 0.277 e. The quantitative estimate of drug-likeness (QED) is 0.145. The molecule has 0 bridgehead atoms. The van der Waals surface area contributed by atoms with Gasteiger partial charge in [0, 0.05) is 36.5 Å². The third kappa shape index (κ3) is 5.81. The summed E-state index contributed by atoms with van der Waals surface area (Å²) in [6, 6.07) is 29.9. The number of nitrogens with one attached hydrogen (secondary N) is 1. The Bertz CT molecular complexity index is 2090. The molecule has 11 heteroatoms. The lowest BCUT2D eigenvalue weighted by Gasteiger charge is -2.33. The van der Waals surface area contributed by atoms with E-state index in [0.29, 0.717) is 35.5 Å². The largest absolute Gasteiger partial charge is 0.483 e. The maximum absolute atomic E-state index is 13.4. The number of likely N-dealkylation sites (N-methyl/N-ethyl adjacent to an activating group) is 1. The van der Waals surface area contributed by atoms with Crippen LogP contribution >= 0.6 is 0 Å². The number of amides is 4. The lowest BCUT2D eigenvalue weighted by atomic mass is 9.96. The van der Waals surface area contributed by atoms with Crippen molar-refractivity contribution in [2.45, 2.75) is 32.0 Å². The third-order valence-corrected chi connectivity index (χ3v) is 8.77. The number of nitrogens with zero attached hydrogens (tertiary/aromatic N) is 5. The van der Waals surface area contributed by atoms with Gasteiger partial charge in [-0.15, -0.1) is 0 Å². The van der Waals surface area contributed by atoms with E-state index in [1.807, 2.05) is 77.5 Å². The highest BCUT2D eigenvalue weighted by atomic mass is 16.5. The molecule has 0 saturated carbocycles. The fourth-order valence-electron chi connectivity index (χ4n) is 6.33. The van der Waals surface area contributed by atoms with Crippen molar-refractivity contribution in [3.05, 3.63) is 119 Å². The molecular formula is C37H32N6O5. The monoisotopic (exact) mass is 640 g/mol. The van der Waals surface area contributed by atoms with Crippen molar-refractivity contribution in [2.75, 3.05) is 13.7 Å². The third-order valence-electron chi connectivity index (χ3n) is 8.77. The van der Waals surface area contributed by atoms with Gasteiger partial charge in [-0.05, 0) is 41.3 Å². The van der Waals surface area contributed by atoms with E-state index in [1.54, 1.807) is 29.2 Å². The van der Waals surface area contributed by atoms with E-state index >= 15 is 0 Å². The summed E-state index contributed by atoms with van der Waals surface area (Å²) in [4.78, 5) is 53.8. The van der Waals surface area contributed by atoms with E-state index in [-0.39, 0.29) is 37.3 Å². The van der Waals surface area contributed by atoms with Gasteiger partial charge in [0.05, 0.1) is 18.3 Å². The number of benzene rings is 4. The normalized spacial score (nSPS) is 16.2. The van der Waals surface area contributed by atoms with Gasteiger partial charge in [0.15, 0.2) is 6.61 Å². The lowest BCUT2D eigenvalue weighted by molar-refractivity contribution is -0.150. The molecule has 1 N–H and O–H groups in total. The Kier molecular flexibility index (Phi) is 8.24. The number of hydrogen-bond acceptors (Lipinski definition) is 7. The molecular weight excluding hydrogens is 608 g/mol. The maximum atomic E-state index is 13.4. The van der Waals surface area contributed by atoms with Crippen LogP contribution in [0.25, 0.3) is 22.0 Å². The van der Waals surface area contributed by atoms with E-state index in [9.17, 15) is 19.2 Å². The molecule has 4 aromatic carbocycles. The van der Waals surface area contributed by atoms with Crippen molar-refractivity contribution < 1.29 is 23.9 Å². The first-order valence-electron chi connectivity index (χ1n) is 15.7. The summed E-state index contributed by atoms with van der Waals surface area (Å²) in [6.07, 6.45) is 2.02. The molecule has 0 radical (unpaired) electrons. The lowest BCUT2D eigenvalue weighted by Crippen LogP contribution is -2.53. The number of aromatic nitrogens is 2. The van der Waals surface area contributed by atoms with Crippen molar-refractivity contribution in [1.29, 1.82) is 0 Å². The number of hydrogen-bond donors (Lipinski definition) is 1. The second-order valence-electron chi connectivity index (χ2n) is 11.7. The van der Waals surface area contributed by atoms with Crippen molar-refractivity contribution in [1.82, 2.24) is 25.0 Å². The van der Waals surface area contributed by atoms with Crippen LogP contribution in [0.15, 0.2) is 102 Å². The van der Waals surface area contributed by atoms with E-state index in [0.717, 1.165) is 32.5 Å². The molecule has 48 heavy (non-hydrogen) atoms. The number of carbonyl (C=O) groups is 4. The summed E-state index contributed by atoms with van der Waals surface area (Å²) in [5.74, 6) is -0.866. The number of carbonyl (C=O) groups excluding carboxylic acids is 4. The van der Waals surface area contributed by atoms with Crippen LogP contribution in [0.5, 0.6) is 5.75 Å². The first-order chi connectivity index (χ1) is 23.4. The number of para-hydroxylation sites is 2. The zero-order valence-electron chi connectivity index (χ0n) is 26.2. The van der Waals surface area contributed by atoms with Crippen LogP contribution in [0.2, 0.25) is 0 Å². The highest BCUT2D eigenvalue weighted by Crippen LogP contribution is 2.38. The van der Waals surface area contributed by atoms with Gasteiger partial charge in [0.25, 0.3) is 17.7 Å². The second-order valence-corrected chi connectivity index (χ2v) is 11.7. The van der Waals surface area contributed by atoms with Crippen LogP contribution in [0.1, 0.15) is 40.0 Å². The zero-order chi connectivity index (χ0) is 33.2. The molecule has 7 rings (SSSR count). The molecule has 3 heterocycles. The summed E-state index contributed by atoms with van der Waals surface area (Å²) >= 11 is 0. The van der Waals surface area contributed by atoms with Gasteiger partial charge >= 0.3 is 0 Å². The van der Waals surface area contributed by atoms with Gasteiger partial charge in [-0.25, -0.2) is 5.43 Å². The second kappa shape index (κ2) is 13.0. The minimum atomic E-state index is -0.702. The van der Waals surface area contributed by atoms with Gasteiger partial charge < -0.3 is 9.64 Å². The van der Waals surface area contributed by atoms with Gasteiger partial charge in [0.2, 0.25) is 5.91 Å². The standard InChI is InChI=1S/C37H32N6O5/c1-41-35(45)19-18-32(37(41)47)42-22-29-25(14-9-15-27(29)36(42)46)26-12-6-8-17-33(26)48-23-34(44)39-38-20-30-28-13-5-7-16-31(28)43(40-30)21-24-10-3-2-4-11-24/h2-17,20,32H,18-19,21-23H2,1H3,(H,39,44)/b38-20+. The number of rotatable bonds is 9. The summed E-state index contributed by atoms with van der Waals surface area (Å²) < 4.78 is 7.88. The Morgan fingerprint density at radius 1 is 0.917 bits per heavy atom. The molecule has 2 aliphatic heterocycles. The molecule has 1 atom stereocenters. The van der Waals surface area contributed by atoms with E-state index in [1.165, 1.54) is 13.3 Å². The molecule has 2 aliphatic rings. The topological polar surface area (TPSA) is 126 Å². The fraction of sp³-hybridized carbons (Fsp3) is 0.189. The van der Waals surface area contributed by atoms with E-state index in [4.69, 9.17) is 9.84 Å². The van der Waals surface area contributed by atoms with Crippen LogP contribution in [0, 0.1) is 0 Å². The average molecular weight is 641 g/mol. The average Bonchev–Trinajstić information content (AvgIpc) is 3.63. The molecule has 1 aromatic heterocycles. The fourth-order valence-corrected chi connectivity index (χ4v) is 6.33. The molecule has 5 aromatic rings. The highest BCUT2D eigenvalue weighted by Gasteiger charge is 2.42. The Balaban J connectivity index is 1.04. The Hall–Kier alpha value is -6.10. The smallest absolute Gasteiger partial charge is 0.277 e. The first kappa shape index (κ1) is 30.5. The van der Waals surface area contributed by atoms with Crippen LogP contribution in [-0.2, 0) is 27.5 Å².